The maximum absolute atomic E-state index is 12.3. The second-order valence-corrected chi connectivity index (χ2v) is 7.79. The van der Waals surface area contributed by atoms with Crippen LogP contribution in [0.1, 0.15) is 12.0 Å². The molecule has 2 aromatic carbocycles. The van der Waals surface area contributed by atoms with Crippen molar-refractivity contribution < 1.29 is 17.9 Å². The van der Waals surface area contributed by atoms with Crippen LogP contribution in [0, 0.1) is 6.92 Å². The predicted molar refractivity (Wildman–Crippen MR) is 94.5 cm³/mol. The topological polar surface area (TPSA) is 72.5 Å². The first kappa shape index (κ1) is 18.3. The van der Waals surface area contributed by atoms with Crippen molar-refractivity contribution in [2.75, 3.05) is 18.2 Å². The molecule has 2 aromatic rings. The number of anilines is 1. The number of methoxy groups -OCH3 is 1. The van der Waals surface area contributed by atoms with Gasteiger partial charge in [-0.1, -0.05) is 17.7 Å². The van der Waals surface area contributed by atoms with Crippen LogP contribution >= 0.6 is 11.6 Å². The molecular weight excluding hydrogens is 350 g/mol. The molecule has 0 saturated carbocycles. The van der Waals surface area contributed by atoms with Crippen molar-refractivity contribution in [1.29, 1.82) is 0 Å². The molecule has 24 heavy (non-hydrogen) atoms. The summed E-state index contributed by atoms with van der Waals surface area (Å²) in [6.07, 6.45) is -0.154. The number of benzene rings is 2. The van der Waals surface area contributed by atoms with Gasteiger partial charge in [-0.05, 0) is 48.9 Å². The molecule has 2 rings (SSSR count). The molecule has 0 spiro atoms. The van der Waals surface area contributed by atoms with E-state index in [-0.39, 0.29) is 17.1 Å². The van der Waals surface area contributed by atoms with E-state index < -0.39 is 15.7 Å². The summed E-state index contributed by atoms with van der Waals surface area (Å²) in [4.78, 5) is 12.1. The fourth-order valence-corrected chi connectivity index (χ4v) is 3.59. The lowest BCUT2D eigenvalue weighted by atomic mass is 10.2. The largest absolute Gasteiger partial charge is 0.497 e. The average molecular weight is 368 g/mol. The van der Waals surface area contributed by atoms with Crippen molar-refractivity contribution in [2.24, 2.45) is 0 Å². The van der Waals surface area contributed by atoms with Crippen LogP contribution in [0.5, 0.6) is 5.75 Å². The van der Waals surface area contributed by atoms with Crippen molar-refractivity contribution in [3.05, 3.63) is 53.1 Å². The van der Waals surface area contributed by atoms with Crippen LogP contribution in [0.3, 0.4) is 0 Å². The van der Waals surface area contributed by atoms with E-state index in [1.165, 1.54) is 19.2 Å². The van der Waals surface area contributed by atoms with E-state index >= 15 is 0 Å². The summed E-state index contributed by atoms with van der Waals surface area (Å²) >= 11 is 6.04. The lowest BCUT2D eigenvalue weighted by molar-refractivity contribution is -0.115. The molecule has 128 valence electrons. The van der Waals surface area contributed by atoms with Gasteiger partial charge >= 0.3 is 0 Å². The van der Waals surface area contributed by atoms with E-state index in [1.807, 2.05) is 13.0 Å². The summed E-state index contributed by atoms with van der Waals surface area (Å²) in [6, 6.07) is 11.3. The number of carbonyl (C=O) groups excluding carboxylic acids is 1. The van der Waals surface area contributed by atoms with Crippen molar-refractivity contribution in [3.63, 3.8) is 0 Å². The lowest BCUT2D eigenvalue weighted by Crippen LogP contribution is -2.17. The van der Waals surface area contributed by atoms with Crippen LogP contribution in [0.25, 0.3) is 0 Å². The number of amides is 1. The zero-order valence-electron chi connectivity index (χ0n) is 13.4. The van der Waals surface area contributed by atoms with E-state index in [0.717, 1.165) is 5.56 Å². The molecule has 0 aliphatic rings. The minimum Gasteiger partial charge on any atom is -0.497 e. The normalized spacial score (nSPS) is 11.1. The van der Waals surface area contributed by atoms with Crippen LogP contribution in [0.15, 0.2) is 47.4 Å². The Morgan fingerprint density at radius 3 is 2.42 bits per heavy atom. The molecule has 0 radical (unpaired) electrons. The molecule has 1 amide bonds. The zero-order valence-corrected chi connectivity index (χ0v) is 14.9. The van der Waals surface area contributed by atoms with E-state index in [9.17, 15) is 13.2 Å². The fraction of sp³-hybridized carbons (Fsp3) is 0.235. The molecule has 0 aromatic heterocycles. The molecule has 5 nitrogen and oxygen atoms in total. The lowest BCUT2D eigenvalue weighted by Gasteiger charge is -2.09. The SMILES string of the molecule is COc1ccc(S(=O)(=O)CCC(=O)Nc2ccc(C)cc2Cl)cc1. The molecule has 0 bridgehead atoms. The van der Waals surface area contributed by atoms with Gasteiger partial charge in [-0.25, -0.2) is 8.42 Å². The van der Waals surface area contributed by atoms with Gasteiger partial charge in [-0.3, -0.25) is 4.79 Å². The van der Waals surface area contributed by atoms with Crippen LogP contribution in [-0.2, 0) is 14.6 Å². The molecule has 1 N–H and O–H groups in total. The Morgan fingerprint density at radius 2 is 1.83 bits per heavy atom. The monoisotopic (exact) mass is 367 g/mol. The molecule has 0 aliphatic heterocycles. The van der Waals surface area contributed by atoms with Gasteiger partial charge in [0.25, 0.3) is 0 Å². The third-order valence-electron chi connectivity index (χ3n) is 3.42. The molecule has 0 aliphatic carbocycles. The third kappa shape index (κ3) is 4.72. The highest BCUT2D eigenvalue weighted by molar-refractivity contribution is 7.91. The maximum Gasteiger partial charge on any atom is 0.225 e. The fourth-order valence-electron chi connectivity index (χ4n) is 2.06. The molecule has 0 unspecified atom stereocenters. The van der Waals surface area contributed by atoms with Gasteiger partial charge in [-0.15, -0.1) is 0 Å². The second-order valence-electron chi connectivity index (χ2n) is 5.28. The minimum atomic E-state index is -3.54. The number of carbonyl (C=O) groups is 1. The standard InChI is InChI=1S/C17H18ClNO4S/c1-12-3-8-16(15(18)11-12)19-17(20)9-10-24(21,22)14-6-4-13(23-2)5-7-14/h3-8,11H,9-10H2,1-2H3,(H,19,20). The van der Waals surface area contributed by atoms with Crippen LogP contribution in [-0.4, -0.2) is 27.2 Å². The van der Waals surface area contributed by atoms with E-state index in [4.69, 9.17) is 16.3 Å². The van der Waals surface area contributed by atoms with Gasteiger partial charge in [0, 0.05) is 6.42 Å². The molecular formula is C17H18ClNO4S. The highest BCUT2D eigenvalue weighted by Crippen LogP contribution is 2.23. The maximum atomic E-state index is 12.3. The zero-order chi connectivity index (χ0) is 17.7. The number of halogens is 1. The summed E-state index contributed by atoms with van der Waals surface area (Å²) in [7, 11) is -2.03. The first-order chi connectivity index (χ1) is 11.3. The Morgan fingerprint density at radius 1 is 1.17 bits per heavy atom. The highest BCUT2D eigenvalue weighted by atomic mass is 35.5. The second kappa shape index (κ2) is 7.68. The summed E-state index contributed by atoms with van der Waals surface area (Å²) in [5.74, 6) is -0.118. The minimum absolute atomic E-state index is 0.154. The van der Waals surface area contributed by atoms with Crippen molar-refractivity contribution >= 4 is 33.0 Å². The number of aryl methyl sites for hydroxylation is 1. The predicted octanol–water partition coefficient (Wildman–Crippen LogP) is 3.46. The summed E-state index contributed by atoms with van der Waals surface area (Å²) in [6.45, 7) is 1.89. The first-order valence-corrected chi connectivity index (χ1v) is 9.27. The number of rotatable bonds is 6. The van der Waals surface area contributed by atoms with Gasteiger partial charge in [0.15, 0.2) is 9.84 Å². The number of hydrogen-bond donors (Lipinski definition) is 1. The molecule has 0 heterocycles. The summed E-state index contributed by atoms with van der Waals surface area (Å²) in [5.41, 5.74) is 1.44. The Bertz CT molecular complexity index is 832. The van der Waals surface area contributed by atoms with Gasteiger partial charge in [0.05, 0.1) is 28.5 Å². The van der Waals surface area contributed by atoms with Crippen molar-refractivity contribution in [1.82, 2.24) is 0 Å². The van der Waals surface area contributed by atoms with E-state index in [1.54, 1.807) is 24.3 Å². The van der Waals surface area contributed by atoms with Crippen molar-refractivity contribution in [2.45, 2.75) is 18.2 Å². The number of ether oxygens (including phenoxy) is 1. The quantitative estimate of drug-likeness (QED) is 0.848. The molecule has 0 saturated heterocycles. The van der Waals surface area contributed by atoms with Gasteiger partial charge in [0.1, 0.15) is 5.75 Å². The van der Waals surface area contributed by atoms with E-state index in [0.29, 0.717) is 16.5 Å². The van der Waals surface area contributed by atoms with Gasteiger partial charge in [-0.2, -0.15) is 0 Å². The van der Waals surface area contributed by atoms with Gasteiger partial charge < -0.3 is 10.1 Å². The first-order valence-electron chi connectivity index (χ1n) is 7.24. The van der Waals surface area contributed by atoms with Crippen LogP contribution < -0.4 is 10.1 Å². The molecule has 0 atom stereocenters. The Labute approximate surface area is 146 Å². The van der Waals surface area contributed by atoms with Crippen molar-refractivity contribution in [3.8, 4) is 5.75 Å². The van der Waals surface area contributed by atoms with Crippen LogP contribution in [0.4, 0.5) is 5.69 Å². The summed E-state index contributed by atoms with van der Waals surface area (Å²) in [5, 5.41) is 3.04. The Kier molecular flexibility index (Phi) is 5.85. The molecule has 0 fully saturated rings. The van der Waals surface area contributed by atoms with Crippen LogP contribution in [0.2, 0.25) is 5.02 Å². The molecule has 7 heteroatoms. The number of nitrogens with one attached hydrogen (secondary N) is 1. The third-order valence-corrected chi connectivity index (χ3v) is 5.46. The Balaban J connectivity index is 1.99. The smallest absolute Gasteiger partial charge is 0.225 e. The Hall–Kier alpha value is -2.05. The van der Waals surface area contributed by atoms with E-state index in [2.05, 4.69) is 5.32 Å². The summed E-state index contributed by atoms with van der Waals surface area (Å²) < 4.78 is 29.5. The average Bonchev–Trinajstić information content (AvgIpc) is 2.56. The van der Waals surface area contributed by atoms with Gasteiger partial charge in [0.2, 0.25) is 5.91 Å². The highest BCUT2D eigenvalue weighted by Gasteiger charge is 2.17. The number of hydrogen-bond acceptors (Lipinski definition) is 4. The number of sulfone groups is 1.